The normalized spacial score (nSPS) is 16.5. The van der Waals surface area contributed by atoms with Gasteiger partial charge in [-0.2, -0.15) is 0 Å². The summed E-state index contributed by atoms with van der Waals surface area (Å²) in [6.07, 6.45) is 8.29. The average molecular weight is 517 g/mol. The number of fused-ring (bicyclic) bond motifs is 1. The molecule has 0 spiro atoms. The lowest BCUT2D eigenvalue weighted by Gasteiger charge is -2.17. The first-order valence-electron chi connectivity index (χ1n) is 10.8. The molecule has 0 N–H and O–H groups in total. The highest BCUT2D eigenvalue weighted by Gasteiger charge is 2.37. The second kappa shape index (κ2) is 9.47. The summed E-state index contributed by atoms with van der Waals surface area (Å²) in [7, 11) is 1.30. The number of hydrogen-bond acceptors (Lipinski definition) is 5. The van der Waals surface area contributed by atoms with Crippen LogP contribution in [0.25, 0.3) is 22.6 Å². The lowest BCUT2D eigenvalue weighted by atomic mass is 9.94. The van der Waals surface area contributed by atoms with Crippen molar-refractivity contribution in [1.82, 2.24) is 9.72 Å². The summed E-state index contributed by atoms with van der Waals surface area (Å²) >= 11 is 12.6. The number of alkyl halides is 2. The van der Waals surface area contributed by atoms with Crippen molar-refractivity contribution >= 4 is 57.6 Å². The molecule has 0 bridgehead atoms. The highest BCUT2D eigenvalue weighted by Crippen LogP contribution is 2.39. The van der Waals surface area contributed by atoms with Crippen LogP contribution in [0.5, 0.6) is 0 Å². The first kappa shape index (κ1) is 24.9. The number of carbonyl (C=O) groups excluding carboxylic acids is 2. The molecule has 1 unspecified atom stereocenters. The third kappa shape index (κ3) is 4.70. The van der Waals surface area contributed by atoms with Crippen molar-refractivity contribution in [3.05, 3.63) is 75.8 Å². The van der Waals surface area contributed by atoms with Gasteiger partial charge in [-0.1, -0.05) is 35.0 Å². The second-order valence-electron chi connectivity index (χ2n) is 8.70. The molecule has 9 heteroatoms. The number of ether oxygens (including phenoxy) is 1. The van der Waals surface area contributed by atoms with E-state index < -0.39 is 22.9 Å². The van der Waals surface area contributed by atoms with Gasteiger partial charge in [-0.15, -0.1) is 11.6 Å². The van der Waals surface area contributed by atoms with Gasteiger partial charge in [-0.25, -0.2) is 9.18 Å². The Morgan fingerprint density at radius 1 is 1.31 bits per heavy atom. The molecule has 182 valence electrons. The zero-order chi connectivity index (χ0) is 25.5. The monoisotopic (exact) mass is 516 g/mol. The van der Waals surface area contributed by atoms with Crippen LogP contribution in [0.3, 0.4) is 0 Å². The number of allylic oxidation sites excluding steroid dienone is 4. The maximum absolute atomic E-state index is 15.2. The standard InChI is InChI=1S/C26H23Cl2FN2O4/c1-14-13-31(19-7-5-6-15(21(14)19)8-11-20(32)34-4)25(33)22-23(30-35-24(22)26(2,3)29)17-10-9-16(27)12-18(17)28/h5-11,13,18H,12H2,1-4H3/b11-8+. The summed E-state index contributed by atoms with van der Waals surface area (Å²) in [5, 5.41) is 4.83. The Labute approximate surface area is 211 Å². The Morgan fingerprint density at radius 2 is 2.06 bits per heavy atom. The molecule has 4 rings (SSSR count). The molecule has 1 aliphatic rings. The lowest BCUT2D eigenvalue weighted by Crippen LogP contribution is -2.20. The van der Waals surface area contributed by atoms with E-state index in [2.05, 4.69) is 9.89 Å². The number of aromatic nitrogens is 2. The Morgan fingerprint density at radius 3 is 2.71 bits per heavy atom. The Balaban J connectivity index is 1.90. The SMILES string of the molecule is COC(=O)/C=C/c1cccc2c1c(C)cn2C(=O)c1c(C2=CC=C(Cl)CC2Cl)noc1C(C)(C)F. The van der Waals surface area contributed by atoms with Gasteiger partial charge in [0.2, 0.25) is 0 Å². The predicted molar refractivity (Wildman–Crippen MR) is 134 cm³/mol. The van der Waals surface area contributed by atoms with Gasteiger partial charge in [0.15, 0.2) is 11.4 Å². The van der Waals surface area contributed by atoms with Crippen LogP contribution in [-0.4, -0.2) is 34.1 Å². The van der Waals surface area contributed by atoms with Gasteiger partial charge < -0.3 is 9.26 Å². The highest BCUT2D eigenvalue weighted by atomic mass is 35.5. The van der Waals surface area contributed by atoms with Gasteiger partial charge >= 0.3 is 5.97 Å². The van der Waals surface area contributed by atoms with Crippen LogP contribution in [0.2, 0.25) is 0 Å². The van der Waals surface area contributed by atoms with Crippen LogP contribution in [0.1, 0.15) is 53.2 Å². The molecule has 0 saturated carbocycles. The summed E-state index contributed by atoms with van der Waals surface area (Å²) in [5.74, 6) is -1.20. The van der Waals surface area contributed by atoms with Crippen LogP contribution in [0.4, 0.5) is 4.39 Å². The largest absolute Gasteiger partial charge is 0.466 e. The molecule has 2 heterocycles. The van der Waals surface area contributed by atoms with Crippen molar-refractivity contribution < 1.29 is 23.2 Å². The Hall–Kier alpha value is -3.16. The number of carbonyl (C=O) groups is 2. The van der Waals surface area contributed by atoms with Crippen molar-refractivity contribution in [2.45, 2.75) is 38.2 Å². The first-order valence-corrected chi connectivity index (χ1v) is 11.7. The minimum atomic E-state index is -1.98. The zero-order valence-corrected chi connectivity index (χ0v) is 21.1. The molecule has 1 aromatic carbocycles. The molecule has 0 fully saturated rings. The van der Waals surface area contributed by atoms with Gasteiger partial charge in [-0.3, -0.25) is 9.36 Å². The summed E-state index contributed by atoms with van der Waals surface area (Å²) in [6.45, 7) is 4.45. The van der Waals surface area contributed by atoms with Crippen LogP contribution >= 0.6 is 23.2 Å². The van der Waals surface area contributed by atoms with Gasteiger partial charge in [-0.05, 0) is 50.1 Å². The van der Waals surface area contributed by atoms with Crippen LogP contribution in [0, 0.1) is 6.92 Å². The van der Waals surface area contributed by atoms with Crippen molar-refractivity contribution in [1.29, 1.82) is 0 Å². The maximum Gasteiger partial charge on any atom is 0.330 e. The molecule has 1 aliphatic carbocycles. The molecule has 2 aromatic heterocycles. The summed E-state index contributed by atoms with van der Waals surface area (Å²) in [4.78, 5) is 25.5. The fourth-order valence-corrected chi connectivity index (χ4v) is 4.76. The van der Waals surface area contributed by atoms with E-state index in [1.165, 1.54) is 31.6 Å². The molecule has 0 aliphatic heterocycles. The zero-order valence-electron chi connectivity index (χ0n) is 19.6. The van der Waals surface area contributed by atoms with Crippen LogP contribution < -0.4 is 0 Å². The van der Waals surface area contributed by atoms with E-state index in [1.807, 2.05) is 13.0 Å². The number of benzene rings is 1. The predicted octanol–water partition coefficient (Wildman–Crippen LogP) is 6.53. The van der Waals surface area contributed by atoms with Gasteiger partial charge in [0.05, 0.1) is 18.0 Å². The second-order valence-corrected chi connectivity index (χ2v) is 9.71. The number of rotatable bonds is 5. The summed E-state index contributed by atoms with van der Waals surface area (Å²) in [6, 6.07) is 5.36. The third-order valence-electron chi connectivity index (χ3n) is 5.75. The minimum Gasteiger partial charge on any atom is -0.466 e. The lowest BCUT2D eigenvalue weighted by molar-refractivity contribution is -0.134. The molecule has 0 amide bonds. The van der Waals surface area contributed by atoms with Crippen molar-refractivity contribution in [2.75, 3.05) is 7.11 Å². The molecule has 35 heavy (non-hydrogen) atoms. The number of methoxy groups -OCH3 is 1. The van der Waals surface area contributed by atoms with E-state index in [9.17, 15) is 9.59 Å². The summed E-state index contributed by atoms with van der Waals surface area (Å²) in [5.41, 5.74) is 0.813. The number of nitrogens with zero attached hydrogens (tertiary/aromatic N) is 2. The molecule has 0 radical (unpaired) electrons. The third-order valence-corrected chi connectivity index (χ3v) is 6.41. The van der Waals surface area contributed by atoms with E-state index in [4.69, 9.17) is 27.7 Å². The highest BCUT2D eigenvalue weighted by molar-refractivity contribution is 6.33. The molecule has 0 saturated heterocycles. The maximum atomic E-state index is 15.2. The van der Waals surface area contributed by atoms with E-state index in [1.54, 1.807) is 36.6 Å². The number of esters is 1. The van der Waals surface area contributed by atoms with Gasteiger partial charge in [0.25, 0.3) is 5.91 Å². The molecule has 6 nitrogen and oxygen atoms in total. The van der Waals surface area contributed by atoms with E-state index in [0.717, 1.165) is 16.5 Å². The molecular formula is C26H23Cl2FN2O4. The van der Waals surface area contributed by atoms with E-state index in [-0.39, 0.29) is 17.0 Å². The average Bonchev–Trinajstić information content (AvgIpc) is 3.39. The van der Waals surface area contributed by atoms with Gasteiger partial charge in [0.1, 0.15) is 11.3 Å². The number of halogens is 3. The fraction of sp³-hybridized carbons (Fsp3) is 0.269. The Kier molecular flexibility index (Phi) is 6.75. The van der Waals surface area contributed by atoms with E-state index >= 15 is 4.39 Å². The smallest absolute Gasteiger partial charge is 0.330 e. The van der Waals surface area contributed by atoms with Crippen molar-refractivity contribution in [2.24, 2.45) is 0 Å². The molecule has 1 atom stereocenters. The van der Waals surface area contributed by atoms with Crippen LogP contribution in [0.15, 0.2) is 52.2 Å². The quantitative estimate of drug-likeness (QED) is 0.219. The molecular weight excluding hydrogens is 494 g/mol. The van der Waals surface area contributed by atoms with E-state index in [0.29, 0.717) is 22.5 Å². The van der Waals surface area contributed by atoms with Crippen molar-refractivity contribution in [3.63, 3.8) is 0 Å². The molecule has 3 aromatic rings. The first-order chi connectivity index (χ1) is 16.5. The topological polar surface area (TPSA) is 74.3 Å². The number of hydrogen-bond donors (Lipinski definition) is 0. The fourth-order valence-electron chi connectivity index (χ4n) is 4.12. The summed E-state index contributed by atoms with van der Waals surface area (Å²) < 4.78 is 26.6. The number of aryl methyl sites for hydroxylation is 1. The van der Waals surface area contributed by atoms with Crippen LogP contribution in [-0.2, 0) is 15.2 Å². The van der Waals surface area contributed by atoms with Gasteiger partial charge in [0, 0.05) is 34.7 Å². The van der Waals surface area contributed by atoms with Crippen molar-refractivity contribution in [3.8, 4) is 0 Å². The Bertz CT molecular complexity index is 1420. The minimum absolute atomic E-state index is 0.00627.